The molecular formula is C9H11ClN2O2S. The van der Waals surface area contributed by atoms with Crippen LogP contribution in [0.25, 0.3) is 0 Å². The highest BCUT2D eigenvalue weighted by Gasteiger charge is 2.13. The molecule has 4 nitrogen and oxygen atoms in total. The molecule has 1 aromatic carbocycles. The first-order valence-corrected chi connectivity index (χ1v) is 4.92. The first-order valence-electron chi connectivity index (χ1n) is 4.14. The monoisotopic (exact) mass is 246 g/mol. The molecule has 0 aromatic heterocycles. The Morgan fingerprint density at radius 1 is 1.60 bits per heavy atom. The molecular weight excluding hydrogens is 236 g/mol. The van der Waals surface area contributed by atoms with Crippen LogP contribution in [0.1, 0.15) is 0 Å². The summed E-state index contributed by atoms with van der Waals surface area (Å²) in [5, 5.41) is 2.84. The predicted molar refractivity (Wildman–Crippen MR) is 63.9 cm³/mol. The Kier molecular flexibility index (Phi) is 4.11. The number of methoxy groups -OCH3 is 1. The van der Waals surface area contributed by atoms with Gasteiger partial charge in [0.25, 0.3) is 0 Å². The van der Waals surface area contributed by atoms with E-state index < -0.39 is 0 Å². The van der Waals surface area contributed by atoms with Crippen molar-refractivity contribution in [2.75, 3.05) is 18.5 Å². The fourth-order valence-corrected chi connectivity index (χ4v) is 1.59. The van der Waals surface area contributed by atoms with Crippen LogP contribution in [0, 0.1) is 0 Å². The maximum Gasteiger partial charge on any atom is 0.331 e. The molecule has 15 heavy (non-hydrogen) atoms. The highest BCUT2D eigenvalue weighted by molar-refractivity contribution is 7.82. The van der Waals surface area contributed by atoms with Crippen molar-refractivity contribution in [3.63, 3.8) is 0 Å². The number of benzene rings is 1. The number of urea groups is 1. The van der Waals surface area contributed by atoms with E-state index in [1.54, 1.807) is 25.3 Å². The molecule has 0 saturated carbocycles. The van der Waals surface area contributed by atoms with Gasteiger partial charge in [-0.3, -0.25) is 0 Å². The van der Waals surface area contributed by atoms with E-state index in [0.717, 1.165) is 4.31 Å². The average molecular weight is 247 g/mol. The Hall–Kier alpha value is -1.07. The predicted octanol–water partition coefficient (Wildman–Crippen LogP) is 2.34. The van der Waals surface area contributed by atoms with Gasteiger partial charge in [-0.05, 0) is 12.1 Å². The molecule has 0 unspecified atom stereocenters. The van der Waals surface area contributed by atoms with E-state index in [2.05, 4.69) is 18.1 Å². The zero-order valence-electron chi connectivity index (χ0n) is 8.32. The van der Waals surface area contributed by atoms with Crippen molar-refractivity contribution in [1.82, 2.24) is 5.32 Å². The van der Waals surface area contributed by atoms with E-state index in [1.165, 1.54) is 7.05 Å². The fourth-order valence-electron chi connectivity index (χ4n) is 1.00. The summed E-state index contributed by atoms with van der Waals surface area (Å²) in [7, 11) is 3.06. The van der Waals surface area contributed by atoms with Crippen molar-refractivity contribution in [2.45, 2.75) is 0 Å². The molecule has 1 aromatic rings. The average Bonchev–Trinajstić information content (AvgIpc) is 2.26. The molecule has 0 aliphatic rings. The van der Waals surface area contributed by atoms with Gasteiger partial charge in [0.05, 0.1) is 17.8 Å². The summed E-state index contributed by atoms with van der Waals surface area (Å²) in [6.45, 7) is 0. The van der Waals surface area contributed by atoms with Gasteiger partial charge in [-0.1, -0.05) is 24.4 Å². The van der Waals surface area contributed by atoms with Crippen LogP contribution in [0.3, 0.4) is 0 Å². The number of amides is 2. The lowest BCUT2D eigenvalue weighted by Gasteiger charge is -2.16. The number of hydrogen-bond donors (Lipinski definition) is 2. The number of nitrogens with one attached hydrogen (secondary N) is 1. The molecule has 2 amide bonds. The van der Waals surface area contributed by atoms with Gasteiger partial charge in [-0.15, -0.1) is 0 Å². The molecule has 0 atom stereocenters. The molecule has 1 rings (SSSR count). The van der Waals surface area contributed by atoms with Crippen LogP contribution in [0.15, 0.2) is 18.2 Å². The lowest BCUT2D eigenvalue weighted by molar-refractivity contribution is 0.252. The van der Waals surface area contributed by atoms with Crippen LogP contribution in [-0.4, -0.2) is 20.2 Å². The number of nitrogens with zero attached hydrogens (tertiary/aromatic N) is 1. The zero-order valence-corrected chi connectivity index (χ0v) is 9.97. The van der Waals surface area contributed by atoms with Crippen LogP contribution in [-0.2, 0) is 0 Å². The van der Waals surface area contributed by atoms with Crippen molar-refractivity contribution in [3.05, 3.63) is 23.2 Å². The minimum absolute atomic E-state index is 0.356. The number of carbonyl (C=O) groups is 1. The van der Waals surface area contributed by atoms with Crippen LogP contribution in [0.5, 0.6) is 5.75 Å². The minimum Gasteiger partial charge on any atom is -0.497 e. The summed E-state index contributed by atoms with van der Waals surface area (Å²) in [5.41, 5.74) is 0.500. The summed E-state index contributed by atoms with van der Waals surface area (Å²) in [6, 6.07) is 4.62. The number of hydrogen-bond acceptors (Lipinski definition) is 3. The maximum atomic E-state index is 11.3. The Labute approximate surface area is 98.7 Å². The molecule has 0 bridgehead atoms. The van der Waals surface area contributed by atoms with E-state index >= 15 is 0 Å². The van der Waals surface area contributed by atoms with Crippen molar-refractivity contribution in [1.29, 1.82) is 0 Å². The molecule has 0 spiro atoms. The van der Waals surface area contributed by atoms with E-state index in [4.69, 9.17) is 16.3 Å². The van der Waals surface area contributed by atoms with Gasteiger partial charge in [0.2, 0.25) is 0 Å². The van der Waals surface area contributed by atoms with Gasteiger partial charge < -0.3 is 10.1 Å². The molecule has 1 N–H and O–H groups in total. The third-order valence-corrected chi connectivity index (χ3v) is 2.49. The molecule has 0 heterocycles. The van der Waals surface area contributed by atoms with Crippen LogP contribution in [0.4, 0.5) is 10.5 Å². The second-order valence-corrected chi connectivity index (χ2v) is 3.49. The first-order chi connectivity index (χ1) is 7.10. The van der Waals surface area contributed by atoms with Crippen molar-refractivity contribution < 1.29 is 9.53 Å². The Morgan fingerprint density at radius 2 is 2.27 bits per heavy atom. The smallest absolute Gasteiger partial charge is 0.331 e. The van der Waals surface area contributed by atoms with E-state index in [-0.39, 0.29) is 6.03 Å². The van der Waals surface area contributed by atoms with Crippen LogP contribution < -0.4 is 14.4 Å². The van der Waals surface area contributed by atoms with Crippen molar-refractivity contribution in [2.24, 2.45) is 0 Å². The van der Waals surface area contributed by atoms with Crippen LogP contribution >= 0.6 is 24.4 Å². The molecule has 0 aliphatic carbocycles. The SMILES string of the molecule is CNC(=O)N(S)c1ccc(OC)cc1Cl. The highest BCUT2D eigenvalue weighted by Crippen LogP contribution is 2.30. The molecule has 0 aliphatic heterocycles. The van der Waals surface area contributed by atoms with Gasteiger partial charge in [-0.2, -0.15) is 0 Å². The second-order valence-electron chi connectivity index (χ2n) is 2.68. The topological polar surface area (TPSA) is 41.6 Å². The van der Waals surface area contributed by atoms with Gasteiger partial charge in [0.15, 0.2) is 0 Å². The fraction of sp³-hybridized carbons (Fsp3) is 0.222. The Bertz CT molecular complexity index is 373. The summed E-state index contributed by atoms with van der Waals surface area (Å²) in [4.78, 5) is 11.3. The number of ether oxygens (including phenoxy) is 1. The largest absolute Gasteiger partial charge is 0.497 e. The number of rotatable bonds is 2. The number of anilines is 1. The normalized spacial score (nSPS) is 9.60. The zero-order chi connectivity index (χ0) is 11.4. The molecule has 0 radical (unpaired) electrons. The summed E-state index contributed by atoms with van der Waals surface area (Å²) < 4.78 is 6.11. The molecule has 82 valence electrons. The Balaban J connectivity index is 3.00. The van der Waals surface area contributed by atoms with Crippen molar-refractivity contribution >= 4 is 36.1 Å². The highest BCUT2D eigenvalue weighted by atomic mass is 35.5. The molecule has 0 fully saturated rings. The minimum atomic E-state index is -0.356. The quantitative estimate of drug-likeness (QED) is 0.787. The van der Waals surface area contributed by atoms with Gasteiger partial charge in [-0.25, -0.2) is 9.10 Å². The third-order valence-electron chi connectivity index (χ3n) is 1.79. The number of halogens is 1. The van der Waals surface area contributed by atoms with E-state index in [9.17, 15) is 4.79 Å². The van der Waals surface area contributed by atoms with Gasteiger partial charge in [0, 0.05) is 13.1 Å². The Morgan fingerprint density at radius 3 is 2.73 bits per heavy atom. The maximum absolute atomic E-state index is 11.3. The first kappa shape index (κ1) is 12.0. The lowest BCUT2D eigenvalue weighted by Crippen LogP contribution is -2.31. The summed E-state index contributed by atoms with van der Waals surface area (Å²) in [5.74, 6) is 0.627. The standard InChI is InChI=1S/C9H11ClN2O2S/c1-11-9(13)12(15)8-4-3-6(14-2)5-7(8)10/h3-5,15H,1-2H3,(H,11,13). The summed E-state index contributed by atoms with van der Waals surface area (Å²) in [6.07, 6.45) is 0. The number of carbonyl (C=O) groups excluding carboxylic acids is 1. The second kappa shape index (κ2) is 5.14. The third kappa shape index (κ3) is 2.70. The number of thiol groups is 1. The van der Waals surface area contributed by atoms with E-state index in [0.29, 0.717) is 16.5 Å². The van der Waals surface area contributed by atoms with E-state index in [1.807, 2.05) is 0 Å². The van der Waals surface area contributed by atoms with Crippen molar-refractivity contribution in [3.8, 4) is 5.75 Å². The summed E-state index contributed by atoms with van der Waals surface area (Å²) >= 11 is 9.98. The van der Waals surface area contributed by atoms with Gasteiger partial charge >= 0.3 is 6.03 Å². The lowest BCUT2D eigenvalue weighted by atomic mass is 10.3. The van der Waals surface area contributed by atoms with Crippen LogP contribution in [0.2, 0.25) is 5.02 Å². The molecule has 0 saturated heterocycles. The van der Waals surface area contributed by atoms with Gasteiger partial charge in [0.1, 0.15) is 5.75 Å². The molecule has 6 heteroatoms.